The molecule has 5 nitrogen and oxygen atoms in total. The highest BCUT2D eigenvalue weighted by Gasteiger charge is 2.47. The number of halogens is 3. The van der Waals surface area contributed by atoms with Gasteiger partial charge in [-0.1, -0.05) is 30.3 Å². The van der Waals surface area contributed by atoms with Crippen LogP contribution < -0.4 is 0 Å². The molecule has 158 valence electrons. The van der Waals surface area contributed by atoms with Crippen LogP contribution in [0.4, 0.5) is 18.0 Å². The summed E-state index contributed by atoms with van der Waals surface area (Å²) in [6.07, 6.45) is -1.98. The van der Waals surface area contributed by atoms with E-state index in [1.54, 1.807) is 4.90 Å². The number of amides is 1. The van der Waals surface area contributed by atoms with Crippen molar-refractivity contribution in [3.8, 4) is 0 Å². The number of rotatable bonds is 4. The van der Waals surface area contributed by atoms with Gasteiger partial charge in [0, 0.05) is 29.8 Å². The van der Waals surface area contributed by atoms with Gasteiger partial charge in [0.05, 0.1) is 0 Å². The molecule has 2 bridgehead atoms. The number of hydrogen-bond donors (Lipinski definition) is 0. The number of fused-ring (bicyclic) bond motifs is 2. The molecule has 2 aliphatic heterocycles. The van der Waals surface area contributed by atoms with E-state index in [1.807, 2.05) is 30.3 Å². The second-order valence-corrected chi connectivity index (χ2v) is 7.76. The van der Waals surface area contributed by atoms with E-state index in [0.717, 1.165) is 11.8 Å². The van der Waals surface area contributed by atoms with Gasteiger partial charge < -0.3 is 9.64 Å². The van der Waals surface area contributed by atoms with Gasteiger partial charge in [-0.25, -0.2) is 4.79 Å². The van der Waals surface area contributed by atoms with Gasteiger partial charge >= 0.3 is 12.3 Å². The van der Waals surface area contributed by atoms with Crippen molar-refractivity contribution in [2.45, 2.75) is 50.6 Å². The summed E-state index contributed by atoms with van der Waals surface area (Å²) in [6, 6.07) is 11.4. The number of ether oxygens (including phenoxy) is 1. The van der Waals surface area contributed by atoms with E-state index in [2.05, 4.69) is 4.98 Å². The molecule has 2 fully saturated rings. The molecule has 4 rings (SSSR count). The van der Waals surface area contributed by atoms with E-state index >= 15 is 0 Å². The normalized spacial score (nSPS) is 23.3. The van der Waals surface area contributed by atoms with Crippen molar-refractivity contribution in [1.29, 1.82) is 0 Å². The van der Waals surface area contributed by atoms with Crippen molar-refractivity contribution in [1.82, 2.24) is 9.88 Å². The monoisotopic (exact) mass is 418 g/mol. The topological polar surface area (TPSA) is 59.5 Å². The van der Waals surface area contributed by atoms with E-state index < -0.39 is 35.2 Å². The average Bonchev–Trinajstić information content (AvgIpc) is 3.01. The van der Waals surface area contributed by atoms with Gasteiger partial charge in [0.25, 0.3) is 0 Å². The van der Waals surface area contributed by atoms with Crippen LogP contribution in [0.5, 0.6) is 0 Å². The number of hydrogen-bond acceptors (Lipinski definition) is 4. The Morgan fingerprint density at radius 2 is 1.70 bits per heavy atom. The Bertz CT molecular complexity index is 919. The van der Waals surface area contributed by atoms with Crippen LogP contribution in [0, 0.1) is 5.92 Å². The summed E-state index contributed by atoms with van der Waals surface area (Å²) in [5, 5.41) is 0. The van der Waals surface area contributed by atoms with Gasteiger partial charge in [-0.15, -0.1) is 0 Å². The molecule has 2 unspecified atom stereocenters. The summed E-state index contributed by atoms with van der Waals surface area (Å²) in [6.45, 7) is 0.155. The summed E-state index contributed by atoms with van der Waals surface area (Å²) in [7, 11) is 0. The third kappa shape index (κ3) is 4.04. The quantitative estimate of drug-likeness (QED) is 0.665. The van der Waals surface area contributed by atoms with Gasteiger partial charge in [-0.2, -0.15) is 13.2 Å². The maximum atomic E-state index is 13.3. The Morgan fingerprint density at radius 3 is 2.33 bits per heavy atom. The van der Waals surface area contributed by atoms with Crippen LogP contribution in [-0.2, 0) is 17.5 Å². The number of Topliss-reactive ketones (excluding diaryl/α,β-unsaturated/α-hetero) is 1. The fraction of sp³-hybridized carbons (Fsp3) is 0.409. The fourth-order valence-electron chi connectivity index (χ4n) is 4.53. The van der Waals surface area contributed by atoms with Crippen LogP contribution in [0.3, 0.4) is 0 Å². The third-order valence-electron chi connectivity index (χ3n) is 5.86. The molecule has 0 N–H and O–H groups in total. The molecule has 3 heterocycles. The smallest absolute Gasteiger partial charge is 0.434 e. The molecule has 0 radical (unpaired) electrons. The average molecular weight is 418 g/mol. The summed E-state index contributed by atoms with van der Waals surface area (Å²) < 4.78 is 45.2. The van der Waals surface area contributed by atoms with Crippen molar-refractivity contribution >= 4 is 11.9 Å². The predicted octanol–water partition coefficient (Wildman–Crippen LogP) is 4.86. The zero-order chi connectivity index (χ0) is 21.3. The van der Waals surface area contributed by atoms with Crippen molar-refractivity contribution < 1.29 is 27.5 Å². The maximum Gasteiger partial charge on any atom is 0.434 e. The molecule has 0 aliphatic carbocycles. The largest absolute Gasteiger partial charge is 0.445 e. The molecular weight excluding hydrogens is 397 g/mol. The Balaban J connectivity index is 1.44. The zero-order valence-electron chi connectivity index (χ0n) is 16.1. The molecule has 1 aromatic heterocycles. The van der Waals surface area contributed by atoms with Crippen LogP contribution in [0.25, 0.3) is 0 Å². The molecule has 2 atom stereocenters. The molecule has 2 aliphatic rings. The minimum atomic E-state index is -4.69. The highest BCUT2D eigenvalue weighted by Crippen LogP contribution is 2.41. The van der Waals surface area contributed by atoms with Gasteiger partial charge in [-0.05, 0) is 43.4 Å². The van der Waals surface area contributed by atoms with Crippen LogP contribution >= 0.6 is 0 Å². The van der Waals surface area contributed by atoms with Crippen molar-refractivity contribution in [2.24, 2.45) is 5.92 Å². The molecule has 1 amide bonds. The number of carbonyl (C=O) groups excluding carboxylic acids is 2. The van der Waals surface area contributed by atoms with E-state index in [0.29, 0.717) is 25.7 Å². The Labute approximate surface area is 171 Å². The molecule has 30 heavy (non-hydrogen) atoms. The SMILES string of the molecule is O=C(c1cccnc1C(F)(F)F)C1CC2CCC(C1)N2C(=O)OCc1ccccc1. The van der Waals surface area contributed by atoms with Crippen LogP contribution in [0.15, 0.2) is 48.7 Å². The van der Waals surface area contributed by atoms with Crippen LogP contribution in [-0.4, -0.2) is 33.8 Å². The molecule has 1 aromatic carbocycles. The maximum absolute atomic E-state index is 13.3. The molecule has 0 saturated carbocycles. The first-order valence-electron chi connectivity index (χ1n) is 9.90. The van der Waals surface area contributed by atoms with E-state index in [1.165, 1.54) is 12.1 Å². The van der Waals surface area contributed by atoms with Gasteiger partial charge in [-0.3, -0.25) is 9.78 Å². The lowest BCUT2D eigenvalue weighted by atomic mass is 9.84. The second-order valence-electron chi connectivity index (χ2n) is 7.76. The zero-order valence-corrected chi connectivity index (χ0v) is 16.1. The standard InChI is InChI=1S/C22H21F3N2O3/c23-22(24,25)20-18(7-4-10-26-20)19(28)15-11-16-8-9-17(12-15)27(16)21(29)30-13-14-5-2-1-3-6-14/h1-7,10,15-17H,8-9,11-13H2. The number of benzene rings is 1. The van der Waals surface area contributed by atoms with Gasteiger partial charge in [0.1, 0.15) is 6.61 Å². The lowest BCUT2D eigenvalue weighted by Crippen LogP contribution is -2.48. The first kappa shape index (κ1) is 20.4. The number of carbonyl (C=O) groups is 2. The Kier molecular flexibility index (Phi) is 5.49. The van der Waals surface area contributed by atoms with Crippen LogP contribution in [0.2, 0.25) is 0 Å². The van der Waals surface area contributed by atoms with E-state index in [9.17, 15) is 22.8 Å². The molecular formula is C22H21F3N2O3. The van der Waals surface area contributed by atoms with E-state index in [4.69, 9.17) is 4.74 Å². The lowest BCUT2D eigenvalue weighted by molar-refractivity contribution is -0.141. The number of ketones is 1. The summed E-state index contributed by atoms with van der Waals surface area (Å²) in [5.74, 6) is -1.12. The fourth-order valence-corrected chi connectivity index (χ4v) is 4.53. The number of alkyl halides is 3. The number of pyridine rings is 1. The Hall–Kier alpha value is -2.90. The van der Waals surface area contributed by atoms with Gasteiger partial charge in [0.2, 0.25) is 0 Å². The second kappa shape index (κ2) is 8.08. The minimum Gasteiger partial charge on any atom is -0.445 e. The lowest BCUT2D eigenvalue weighted by Gasteiger charge is -2.37. The summed E-state index contributed by atoms with van der Waals surface area (Å²) >= 11 is 0. The van der Waals surface area contributed by atoms with Crippen LogP contribution in [0.1, 0.15) is 47.3 Å². The first-order valence-corrected chi connectivity index (χ1v) is 9.90. The Morgan fingerprint density at radius 1 is 1.03 bits per heavy atom. The third-order valence-corrected chi connectivity index (χ3v) is 5.86. The summed E-state index contributed by atoms with van der Waals surface area (Å²) in [5.41, 5.74) is -0.666. The number of aromatic nitrogens is 1. The molecule has 2 saturated heterocycles. The van der Waals surface area contributed by atoms with Gasteiger partial charge in [0.15, 0.2) is 11.5 Å². The highest BCUT2D eigenvalue weighted by atomic mass is 19.4. The summed E-state index contributed by atoms with van der Waals surface area (Å²) in [4.78, 5) is 30.6. The number of piperidine rings is 1. The van der Waals surface area contributed by atoms with Crippen molar-refractivity contribution in [3.63, 3.8) is 0 Å². The van der Waals surface area contributed by atoms with Crippen molar-refractivity contribution in [3.05, 3.63) is 65.5 Å². The molecule has 2 aromatic rings. The van der Waals surface area contributed by atoms with Crippen molar-refractivity contribution in [2.75, 3.05) is 0 Å². The number of nitrogens with zero attached hydrogens (tertiary/aromatic N) is 2. The molecule has 0 spiro atoms. The molecule has 8 heteroatoms. The highest BCUT2D eigenvalue weighted by molar-refractivity contribution is 5.99. The predicted molar refractivity (Wildman–Crippen MR) is 102 cm³/mol. The minimum absolute atomic E-state index is 0.155. The first-order chi connectivity index (χ1) is 14.3. The van der Waals surface area contributed by atoms with E-state index in [-0.39, 0.29) is 18.7 Å².